The van der Waals surface area contributed by atoms with E-state index in [1.807, 2.05) is 45.1 Å². The molecule has 0 saturated carbocycles. The average molecular weight is 401 g/mol. The molecule has 3 heterocycles. The van der Waals surface area contributed by atoms with Gasteiger partial charge in [-0.25, -0.2) is 4.79 Å². The highest BCUT2D eigenvalue weighted by molar-refractivity contribution is 6.32. The van der Waals surface area contributed by atoms with E-state index in [2.05, 4.69) is 0 Å². The van der Waals surface area contributed by atoms with Crippen molar-refractivity contribution in [1.29, 1.82) is 0 Å². The molecular weight excluding hydrogens is 380 g/mol. The van der Waals surface area contributed by atoms with E-state index < -0.39 is 5.63 Å². The molecule has 0 aliphatic carbocycles. The van der Waals surface area contributed by atoms with E-state index in [9.17, 15) is 9.59 Å². The van der Waals surface area contributed by atoms with Crippen molar-refractivity contribution >= 4 is 34.4 Å². The summed E-state index contributed by atoms with van der Waals surface area (Å²) in [5.74, 6) is 0.836. The van der Waals surface area contributed by atoms with Crippen LogP contribution in [-0.2, 0) is 6.42 Å². The van der Waals surface area contributed by atoms with E-state index in [4.69, 9.17) is 25.5 Å². The smallest absolute Gasteiger partial charge is 0.355 e. The molecule has 2 unspecified atom stereocenters. The second-order valence-corrected chi connectivity index (χ2v) is 7.48. The van der Waals surface area contributed by atoms with Gasteiger partial charge >= 0.3 is 5.63 Å². The molecule has 146 valence electrons. The highest BCUT2D eigenvalue weighted by Crippen LogP contribution is 2.48. The summed E-state index contributed by atoms with van der Waals surface area (Å²) in [4.78, 5) is 25.3. The van der Waals surface area contributed by atoms with Crippen LogP contribution in [0.5, 0.6) is 11.5 Å². The van der Waals surface area contributed by atoms with Crippen LogP contribution in [0, 0.1) is 0 Å². The molecular formula is C22H21ClO5. The van der Waals surface area contributed by atoms with Crippen LogP contribution in [0.4, 0.5) is 0 Å². The number of hydrogen-bond donors (Lipinski definition) is 0. The molecule has 0 N–H and O–H groups in total. The fourth-order valence-corrected chi connectivity index (χ4v) is 4.08. The number of ether oxygens (including phenoxy) is 2. The van der Waals surface area contributed by atoms with Crippen molar-refractivity contribution in [2.45, 2.75) is 52.2 Å². The first-order chi connectivity index (χ1) is 13.5. The molecule has 5 nitrogen and oxygen atoms in total. The average Bonchev–Trinajstić information content (AvgIpc) is 2.65. The van der Waals surface area contributed by atoms with Crippen LogP contribution in [-0.4, -0.2) is 18.0 Å². The molecule has 1 aromatic carbocycles. The normalized spacial score (nSPS) is 20.8. The Balaban J connectivity index is 2.16. The van der Waals surface area contributed by atoms with Crippen LogP contribution in [0.25, 0.3) is 17.0 Å². The van der Waals surface area contributed by atoms with Crippen LogP contribution in [0.15, 0.2) is 27.4 Å². The van der Waals surface area contributed by atoms with Gasteiger partial charge in [-0.1, -0.05) is 31.0 Å². The van der Waals surface area contributed by atoms with E-state index in [-0.39, 0.29) is 35.0 Å². The number of aryl methyl sites for hydroxylation is 1. The lowest BCUT2D eigenvalue weighted by atomic mass is 9.91. The van der Waals surface area contributed by atoms with Crippen LogP contribution < -0.4 is 15.1 Å². The molecule has 28 heavy (non-hydrogen) atoms. The lowest BCUT2D eigenvalue weighted by molar-refractivity contribution is 0.0870. The van der Waals surface area contributed by atoms with Crippen LogP contribution in [0.1, 0.15) is 55.1 Å². The van der Waals surface area contributed by atoms with E-state index in [1.54, 1.807) is 0 Å². The molecule has 0 saturated heterocycles. The Morgan fingerprint density at radius 2 is 2.04 bits per heavy atom. The van der Waals surface area contributed by atoms with Gasteiger partial charge in [0.25, 0.3) is 0 Å². The predicted molar refractivity (Wildman–Crippen MR) is 109 cm³/mol. The standard InChI is InChI=1S/C22H21ClO5/c1-4-6-12-8-9-14-19(27-12)16-13(7-5-2)18(23)22(25)28-21(16)17-15(24)10-11(3)26-20(14)17/h4,6,8-9,11-12H,5,7,10H2,1-3H3/b6-4+. The van der Waals surface area contributed by atoms with Gasteiger partial charge in [-0.3, -0.25) is 4.79 Å². The van der Waals surface area contributed by atoms with Crippen LogP contribution >= 0.6 is 11.6 Å². The highest BCUT2D eigenvalue weighted by atomic mass is 35.5. The molecule has 2 aliphatic heterocycles. The molecule has 0 spiro atoms. The molecule has 0 radical (unpaired) electrons. The van der Waals surface area contributed by atoms with E-state index in [1.165, 1.54) is 0 Å². The van der Waals surface area contributed by atoms with Crippen molar-refractivity contribution < 1.29 is 18.7 Å². The number of carbonyl (C=O) groups is 1. The van der Waals surface area contributed by atoms with Crippen molar-refractivity contribution in [3.63, 3.8) is 0 Å². The number of allylic oxidation sites excluding steroid dienone is 1. The minimum atomic E-state index is -0.650. The SMILES string of the molecule is C/C=C/C1C=Cc2c3c(c4oc(=O)c(Cl)c(CCC)c4c2O1)C(=O)CC(C)O3. The Labute approximate surface area is 167 Å². The van der Waals surface area contributed by atoms with E-state index >= 15 is 0 Å². The fourth-order valence-electron chi connectivity index (χ4n) is 3.85. The topological polar surface area (TPSA) is 65.7 Å². The second-order valence-electron chi connectivity index (χ2n) is 7.11. The van der Waals surface area contributed by atoms with Gasteiger partial charge in [0.15, 0.2) is 11.4 Å². The summed E-state index contributed by atoms with van der Waals surface area (Å²) in [6.07, 6.45) is 8.67. The van der Waals surface area contributed by atoms with E-state index in [0.717, 1.165) is 6.42 Å². The first-order valence-electron chi connectivity index (χ1n) is 9.48. The van der Waals surface area contributed by atoms with Crippen LogP contribution in [0.2, 0.25) is 5.02 Å². The zero-order valence-electron chi connectivity index (χ0n) is 16.0. The summed E-state index contributed by atoms with van der Waals surface area (Å²) < 4.78 is 17.8. The molecule has 0 bridgehead atoms. The Kier molecular flexibility index (Phi) is 4.79. The minimum absolute atomic E-state index is 0.0368. The zero-order valence-corrected chi connectivity index (χ0v) is 16.8. The maximum absolute atomic E-state index is 12.9. The molecule has 4 rings (SSSR count). The highest BCUT2D eigenvalue weighted by Gasteiger charge is 2.35. The summed E-state index contributed by atoms with van der Waals surface area (Å²) in [7, 11) is 0. The van der Waals surface area contributed by atoms with Gasteiger partial charge in [-0.2, -0.15) is 0 Å². The summed E-state index contributed by atoms with van der Waals surface area (Å²) in [5, 5.41) is 0.625. The minimum Gasteiger partial charge on any atom is -0.489 e. The summed E-state index contributed by atoms with van der Waals surface area (Å²) in [5.41, 5.74) is 1.19. The van der Waals surface area contributed by atoms with Gasteiger partial charge in [0, 0.05) is 6.42 Å². The largest absolute Gasteiger partial charge is 0.489 e. The zero-order chi connectivity index (χ0) is 20.0. The Bertz CT molecular complexity index is 1090. The number of ketones is 1. The molecule has 0 amide bonds. The van der Waals surface area contributed by atoms with Crippen molar-refractivity contribution in [3.8, 4) is 11.5 Å². The molecule has 2 aromatic rings. The molecule has 1 aromatic heterocycles. The molecule has 0 fully saturated rings. The second kappa shape index (κ2) is 7.13. The Morgan fingerprint density at radius 3 is 2.75 bits per heavy atom. The van der Waals surface area contributed by atoms with Gasteiger partial charge in [0.05, 0.1) is 10.9 Å². The molecule has 6 heteroatoms. The number of hydrogen-bond acceptors (Lipinski definition) is 5. The third-order valence-electron chi connectivity index (χ3n) is 5.00. The first kappa shape index (κ1) is 18.8. The maximum Gasteiger partial charge on any atom is 0.355 e. The fraction of sp³-hybridized carbons (Fsp3) is 0.364. The monoisotopic (exact) mass is 400 g/mol. The van der Waals surface area contributed by atoms with Crippen molar-refractivity contribution in [1.82, 2.24) is 0 Å². The third-order valence-corrected chi connectivity index (χ3v) is 5.38. The van der Waals surface area contributed by atoms with Gasteiger partial charge in [0.2, 0.25) is 0 Å². The van der Waals surface area contributed by atoms with Crippen LogP contribution in [0.3, 0.4) is 0 Å². The van der Waals surface area contributed by atoms with Crippen molar-refractivity contribution in [3.05, 3.63) is 50.4 Å². The number of carbonyl (C=O) groups excluding carboxylic acids is 1. The molecule has 2 aliphatic rings. The predicted octanol–water partition coefficient (Wildman–Crippen LogP) is 5.10. The number of rotatable bonds is 3. The summed E-state index contributed by atoms with van der Waals surface area (Å²) in [6, 6.07) is 0. The van der Waals surface area contributed by atoms with Gasteiger partial charge in [-0.15, -0.1) is 0 Å². The van der Waals surface area contributed by atoms with Crippen molar-refractivity contribution in [2.75, 3.05) is 0 Å². The first-order valence-corrected chi connectivity index (χ1v) is 9.86. The number of benzene rings is 1. The quantitative estimate of drug-likeness (QED) is 0.529. The van der Waals surface area contributed by atoms with Crippen molar-refractivity contribution in [2.24, 2.45) is 0 Å². The van der Waals surface area contributed by atoms with Gasteiger partial charge in [-0.05, 0) is 44.1 Å². The van der Waals surface area contributed by atoms with E-state index in [0.29, 0.717) is 40.0 Å². The number of halogens is 1. The lowest BCUT2D eigenvalue weighted by Gasteiger charge is -2.29. The number of fused-ring (bicyclic) bond motifs is 6. The third kappa shape index (κ3) is 2.85. The number of Topliss-reactive ketones (excluding diaryl/α,β-unsaturated/α-hetero) is 1. The summed E-state index contributed by atoms with van der Waals surface area (Å²) in [6.45, 7) is 5.76. The van der Waals surface area contributed by atoms with Gasteiger partial charge < -0.3 is 13.9 Å². The Morgan fingerprint density at radius 1 is 1.25 bits per heavy atom. The summed E-state index contributed by atoms with van der Waals surface area (Å²) >= 11 is 6.32. The maximum atomic E-state index is 12.9. The Hall–Kier alpha value is -2.53. The molecule has 2 atom stereocenters. The lowest BCUT2D eigenvalue weighted by Crippen LogP contribution is -2.27. The van der Waals surface area contributed by atoms with Gasteiger partial charge in [0.1, 0.15) is 34.3 Å².